The van der Waals surface area contributed by atoms with Crippen molar-refractivity contribution in [1.82, 2.24) is 44.8 Å². The number of nitrogen functional groups attached to an aromatic ring is 1. The monoisotopic (exact) mass is 687 g/mol. The van der Waals surface area contributed by atoms with Crippen LogP contribution in [0.4, 0.5) is 5.69 Å². The van der Waals surface area contributed by atoms with Crippen LogP contribution in [0.25, 0.3) is 28.7 Å². The average Bonchev–Trinajstić information content (AvgIpc) is 3.95. The Morgan fingerprint density at radius 1 is 1.14 bits per heavy atom. The molecule has 262 valence electrons. The number of fused-ring (bicyclic) bond motifs is 4. The first-order valence-corrected chi connectivity index (χ1v) is 17.9. The first-order chi connectivity index (χ1) is 24.7. The Morgan fingerprint density at radius 2 is 2.02 bits per heavy atom. The van der Waals surface area contributed by atoms with Gasteiger partial charge in [-0.15, -0.1) is 5.10 Å². The Balaban J connectivity index is 1.10. The van der Waals surface area contributed by atoms with Crippen molar-refractivity contribution in [3.8, 4) is 40.7 Å². The van der Waals surface area contributed by atoms with Crippen LogP contribution < -0.4 is 10.5 Å². The minimum Gasteiger partial charge on any atom is -0.473 e. The number of nitrogens with two attached hydrogens (primary N) is 1. The van der Waals surface area contributed by atoms with E-state index in [1.54, 1.807) is 4.68 Å². The molecule has 2 aliphatic heterocycles. The van der Waals surface area contributed by atoms with E-state index in [0.717, 1.165) is 80.5 Å². The standard InChI is InChI=1S/C37H41N11O3/c1-22(29-7-5-14-46(29)3)50-31-16-30(48-15-11-27(43-48)28-18-47(45-42-28)19-36(2)20-49-21-36)40-35(41-31)33-24-6-4-12-37(34(24)51-44-33)13-10-23-8-9-26(39)25(17-38)32(23)37/h8-9,11,15-16,18,22,29H,4-7,10,12-14,19-21,39H2,1-3H3/t22-,29-,37-/m0/s1. The lowest BCUT2D eigenvalue weighted by Gasteiger charge is -2.37. The Labute approximate surface area is 295 Å². The van der Waals surface area contributed by atoms with Crippen molar-refractivity contribution in [2.24, 2.45) is 5.41 Å². The van der Waals surface area contributed by atoms with Gasteiger partial charge in [0.2, 0.25) is 5.88 Å². The van der Waals surface area contributed by atoms with Crippen molar-refractivity contribution in [2.45, 2.75) is 82.9 Å². The quantitative estimate of drug-likeness (QED) is 0.227. The van der Waals surface area contributed by atoms with Gasteiger partial charge in [-0.3, -0.25) is 9.58 Å². The molecule has 9 rings (SSSR count). The molecule has 0 amide bonds. The highest BCUT2D eigenvalue weighted by Gasteiger charge is 2.49. The zero-order valence-electron chi connectivity index (χ0n) is 29.2. The normalized spacial score (nSPS) is 22.7. The molecule has 2 aliphatic carbocycles. The van der Waals surface area contributed by atoms with Crippen molar-refractivity contribution in [2.75, 3.05) is 32.5 Å². The van der Waals surface area contributed by atoms with Gasteiger partial charge in [0.15, 0.2) is 23.1 Å². The molecule has 1 aromatic carbocycles. The van der Waals surface area contributed by atoms with Gasteiger partial charge in [-0.05, 0) is 88.7 Å². The maximum atomic E-state index is 10.2. The van der Waals surface area contributed by atoms with Crippen LogP contribution in [0.1, 0.15) is 74.0 Å². The fourth-order valence-electron chi connectivity index (χ4n) is 8.77. The molecule has 2 fully saturated rings. The van der Waals surface area contributed by atoms with E-state index >= 15 is 0 Å². The van der Waals surface area contributed by atoms with Crippen molar-refractivity contribution < 1.29 is 14.0 Å². The Kier molecular flexibility index (Phi) is 7.48. The molecule has 4 aliphatic rings. The number of hydrogen-bond acceptors (Lipinski definition) is 12. The molecule has 2 saturated heterocycles. The first kappa shape index (κ1) is 31.8. The summed E-state index contributed by atoms with van der Waals surface area (Å²) in [7, 11) is 2.14. The van der Waals surface area contributed by atoms with Crippen LogP contribution in [0, 0.1) is 16.7 Å². The van der Waals surface area contributed by atoms with Crippen molar-refractivity contribution in [3.63, 3.8) is 0 Å². The van der Waals surface area contributed by atoms with Crippen LogP contribution in [0.3, 0.4) is 0 Å². The smallest absolute Gasteiger partial charge is 0.219 e. The number of rotatable bonds is 8. The lowest BCUT2D eigenvalue weighted by molar-refractivity contribution is -0.111. The fourth-order valence-corrected chi connectivity index (χ4v) is 8.77. The summed E-state index contributed by atoms with van der Waals surface area (Å²) >= 11 is 0. The summed E-state index contributed by atoms with van der Waals surface area (Å²) in [5.41, 5.74) is 12.0. The van der Waals surface area contributed by atoms with Gasteiger partial charge in [0.1, 0.15) is 23.6 Å². The highest BCUT2D eigenvalue weighted by molar-refractivity contribution is 5.68. The second kappa shape index (κ2) is 12.0. The van der Waals surface area contributed by atoms with E-state index in [9.17, 15) is 5.26 Å². The average molecular weight is 688 g/mol. The van der Waals surface area contributed by atoms with E-state index in [4.69, 9.17) is 34.8 Å². The minimum atomic E-state index is -0.468. The zero-order chi connectivity index (χ0) is 34.9. The molecule has 5 aromatic rings. The van der Waals surface area contributed by atoms with Gasteiger partial charge in [-0.25, -0.2) is 9.67 Å². The Hall–Kier alpha value is -5.13. The largest absolute Gasteiger partial charge is 0.473 e. The molecular formula is C37H41N11O3. The van der Waals surface area contributed by atoms with Gasteiger partial charge in [-0.1, -0.05) is 23.4 Å². The second-order valence-corrected chi connectivity index (χ2v) is 15.1. The van der Waals surface area contributed by atoms with Crippen LogP contribution in [-0.4, -0.2) is 83.8 Å². The molecule has 14 nitrogen and oxygen atoms in total. The molecule has 2 N–H and O–H groups in total. The van der Waals surface area contributed by atoms with Gasteiger partial charge in [0.25, 0.3) is 0 Å². The highest BCUT2D eigenvalue weighted by Crippen LogP contribution is 2.54. The number of hydrogen-bond donors (Lipinski definition) is 1. The van der Waals surface area contributed by atoms with E-state index in [1.165, 1.54) is 0 Å². The molecule has 0 unspecified atom stereocenters. The topological polar surface area (TPSA) is 172 Å². The lowest BCUT2D eigenvalue weighted by atomic mass is 9.68. The number of likely N-dealkylation sites (N-methyl/N-ethyl adjacent to an activating group) is 1. The van der Waals surface area contributed by atoms with E-state index in [0.29, 0.717) is 59.1 Å². The number of nitriles is 1. The van der Waals surface area contributed by atoms with Crippen molar-refractivity contribution >= 4 is 5.69 Å². The van der Waals surface area contributed by atoms with Gasteiger partial charge in [0.05, 0.1) is 36.9 Å². The summed E-state index contributed by atoms with van der Waals surface area (Å²) in [4.78, 5) is 12.3. The van der Waals surface area contributed by atoms with Crippen LogP contribution in [-0.2, 0) is 29.5 Å². The SMILES string of the molecule is C[C@H](Oc1cc(-n2ccc(-c3cn(CC4(C)COC4)nn3)n2)nc(-c2noc3c2CCC[C@@]32CCc3ccc(N)c(C#N)c32)n1)[C@@H]1CCCN1C. The number of aryl methyl sites for hydroxylation is 1. The second-order valence-electron chi connectivity index (χ2n) is 15.1. The predicted octanol–water partition coefficient (Wildman–Crippen LogP) is 4.50. The zero-order valence-corrected chi connectivity index (χ0v) is 29.2. The molecule has 3 atom stereocenters. The molecule has 1 spiro atoms. The number of ether oxygens (including phenoxy) is 2. The van der Waals surface area contributed by atoms with Crippen LogP contribution in [0.2, 0.25) is 0 Å². The molecule has 4 aromatic heterocycles. The van der Waals surface area contributed by atoms with Crippen LogP contribution in [0.15, 0.2) is 41.2 Å². The van der Waals surface area contributed by atoms with Crippen LogP contribution in [0.5, 0.6) is 5.88 Å². The van der Waals surface area contributed by atoms with E-state index in [-0.39, 0.29) is 17.6 Å². The van der Waals surface area contributed by atoms with E-state index < -0.39 is 5.41 Å². The number of nitrogens with zero attached hydrogens (tertiary/aromatic N) is 10. The summed E-state index contributed by atoms with van der Waals surface area (Å²) in [5, 5.41) is 28.4. The third kappa shape index (κ3) is 5.29. The summed E-state index contributed by atoms with van der Waals surface area (Å²) in [5.74, 6) is 2.16. The van der Waals surface area contributed by atoms with Crippen molar-refractivity contribution in [1.29, 1.82) is 5.26 Å². The molecular weight excluding hydrogens is 646 g/mol. The van der Waals surface area contributed by atoms with Gasteiger partial charge >= 0.3 is 0 Å². The Morgan fingerprint density at radius 3 is 2.80 bits per heavy atom. The van der Waals surface area contributed by atoms with Crippen molar-refractivity contribution in [3.05, 3.63) is 64.7 Å². The molecule has 0 radical (unpaired) electrons. The molecule has 51 heavy (non-hydrogen) atoms. The summed E-state index contributed by atoms with van der Waals surface area (Å²) < 4.78 is 21.8. The third-order valence-corrected chi connectivity index (χ3v) is 11.4. The summed E-state index contributed by atoms with van der Waals surface area (Å²) in [6.07, 6.45) is 10.1. The number of benzene rings is 1. The molecule has 0 saturated carbocycles. The number of anilines is 1. The van der Waals surface area contributed by atoms with Crippen LogP contribution >= 0.6 is 0 Å². The fraction of sp³-hybridized carbons (Fsp3) is 0.486. The third-order valence-electron chi connectivity index (χ3n) is 11.4. The van der Waals surface area contributed by atoms with E-state index in [1.807, 2.05) is 41.3 Å². The summed E-state index contributed by atoms with van der Waals surface area (Å²) in [6.45, 7) is 7.48. The molecule has 14 heteroatoms. The van der Waals surface area contributed by atoms with Gasteiger partial charge < -0.3 is 19.7 Å². The molecule has 0 bridgehead atoms. The summed E-state index contributed by atoms with van der Waals surface area (Å²) in [6, 6.07) is 10.3. The number of aromatic nitrogens is 8. The van der Waals surface area contributed by atoms with E-state index in [2.05, 4.69) is 47.3 Å². The molecule has 6 heterocycles. The Bertz CT molecular complexity index is 2180. The highest BCUT2D eigenvalue weighted by atomic mass is 16.5. The first-order valence-electron chi connectivity index (χ1n) is 17.9. The van der Waals surface area contributed by atoms with Gasteiger partial charge in [-0.2, -0.15) is 15.3 Å². The number of likely N-dealkylation sites (tertiary alicyclic amines) is 1. The maximum Gasteiger partial charge on any atom is 0.219 e. The van der Waals surface area contributed by atoms with Gasteiger partial charge in [0, 0.05) is 35.0 Å². The maximum absolute atomic E-state index is 10.2. The predicted molar refractivity (Wildman–Crippen MR) is 186 cm³/mol. The minimum absolute atomic E-state index is 0.0645. The lowest BCUT2D eigenvalue weighted by Crippen LogP contribution is -2.43.